The van der Waals surface area contributed by atoms with E-state index in [-0.39, 0.29) is 35.0 Å². The fourth-order valence-electron chi connectivity index (χ4n) is 5.55. The molecular weight excluding hydrogens is 697 g/mol. The first-order valence-corrected chi connectivity index (χ1v) is 18.4. The van der Waals surface area contributed by atoms with E-state index in [0.717, 1.165) is 28.0 Å². The number of pyridine rings is 1. The molecule has 0 saturated heterocycles. The quantitative estimate of drug-likeness (QED) is 0.124. The molecule has 0 unspecified atom stereocenters. The van der Waals surface area contributed by atoms with Gasteiger partial charge in [0.1, 0.15) is 22.8 Å². The number of esters is 1. The van der Waals surface area contributed by atoms with E-state index in [0.29, 0.717) is 48.9 Å². The second-order valence-electron chi connectivity index (χ2n) is 14.0. The standard InChI is InChI=1S/C40H46N4O8S/c1-8-15-41-37(46)31-12-10-26(34(43-31)38(47)49-7)27-20-32-29(35-25(13-16-50-32)14-17-53-35)19-28(27)36(45)44-30-11-9-24(18-33(30)51-22-23(2)3)21-42-39(48)52-40(4,5)6/h9-12,14,17-20,23H,8,13,15-16,21-22H2,1-7H3,(H,41,46)(H,42,48)(H,44,45). The van der Waals surface area contributed by atoms with E-state index < -0.39 is 29.5 Å². The number of benzene rings is 2. The molecule has 0 fully saturated rings. The number of anilines is 1. The molecule has 3 heterocycles. The van der Waals surface area contributed by atoms with Gasteiger partial charge in [-0.15, -0.1) is 11.3 Å². The van der Waals surface area contributed by atoms with Gasteiger partial charge in [-0.1, -0.05) is 26.8 Å². The lowest BCUT2D eigenvalue weighted by Crippen LogP contribution is -2.32. The van der Waals surface area contributed by atoms with Crippen molar-refractivity contribution >= 4 is 40.9 Å². The normalized spacial score (nSPS) is 12.1. The van der Waals surface area contributed by atoms with Crippen LogP contribution in [0, 0.1) is 5.92 Å². The molecule has 0 bridgehead atoms. The van der Waals surface area contributed by atoms with Crippen LogP contribution in [0.25, 0.3) is 21.6 Å². The van der Waals surface area contributed by atoms with Crippen LogP contribution in [0.4, 0.5) is 10.5 Å². The zero-order valence-electron chi connectivity index (χ0n) is 31.1. The first kappa shape index (κ1) is 38.8. The molecule has 3 amide bonds. The second-order valence-corrected chi connectivity index (χ2v) is 14.9. The average Bonchev–Trinajstić information content (AvgIpc) is 3.52. The number of aromatic nitrogens is 1. The van der Waals surface area contributed by atoms with Gasteiger partial charge in [-0.2, -0.15) is 0 Å². The Labute approximate surface area is 313 Å². The number of carbonyl (C=O) groups is 4. The van der Waals surface area contributed by atoms with Crippen LogP contribution in [0.1, 0.15) is 90.4 Å². The molecule has 13 heteroatoms. The SMILES string of the molecule is CCCNC(=O)c1ccc(-c2cc3c(cc2C(=O)Nc2ccc(CNC(=O)OC(C)(C)C)cc2OCC(C)C)-c2sccc2CCO3)c(C(=O)OC)n1. The number of hydrogen-bond acceptors (Lipinski definition) is 10. The molecule has 2 aromatic heterocycles. The lowest BCUT2D eigenvalue weighted by atomic mass is 9.93. The highest BCUT2D eigenvalue weighted by Crippen LogP contribution is 2.43. The van der Waals surface area contributed by atoms with E-state index >= 15 is 0 Å². The van der Waals surface area contributed by atoms with Gasteiger partial charge in [0.05, 0.1) is 26.0 Å². The third kappa shape index (κ3) is 9.72. The third-order valence-corrected chi connectivity index (χ3v) is 9.01. The first-order chi connectivity index (χ1) is 25.3. The van der Waals surface area contributed by atoms with Gasteiger partial charge in [0.2, 0.25) is 0 Å². The van der Waals surface area contributed by atoms with E-state index in [1.807, 2.05) is 32.2 Å². The summed E-state index contributed by atoms with van der Waals surface area (Å²) >= 11 is 1.55. The van der Waals surface area contributed by atoms with Crippen molar-refractivity contribution in [3.05, 3.63) is 82.0 Å². The number of nitrogens with one attached hydrogen (secondary N) is 3. The van der Waals surface area contributed by atoms with Crippen molar-refractivity contribution in [2.45, 2.75) is 66.5 Å². The molecule has 1 aliphatic heterocycles. The molecule has 1 aliphatic rings. The Morgan fingerprint density at radius 1 is 0.962 bits per heavy atom. The Bertz CT molecular complexity index is 2000. The van der Waals surface area contributed by atoms with E-state index in [4.69, 9.17) is 18.9 Å². The summed E-state index contributed by atoms with van der Waals surface area (Å²) in [5, 5.41) is 10.6. The summed E-state index contributed by atoms with van der Waals surface area (Å²) < 4.78 is 22.8. The van der Waals surface area contributed by atoms with Gasteiger partial charge in [0, 0.05) is 46.6 Å². The third-order valence-electron chi connectivity index (χ3n) is 8.02. The van der Waals surface area contributed by atoms with Crippen molar-refractivity contribution in [2.24, 2.45) is 5.92 Å². The van der Waals surface area contributed by atoms with Crippen molar-refractivity contribution in [1.82, 2.24) is 15.6 Å². The highest BCUT2D eigenvalue weighted by Gasteiger charge is 2.27. The fraction of sp³-hybridized carbons (Fsp3) is 0.375. The van der Waals surface area contributed by atoms with Crippen LogP contribution < -0.4 is 25.4 Å². The van der Waals surface area contributed by atoms with Gasteiger partial charge in [0.25, 0.3) is 11.8 Å². The van der Waals surface area contributed by atoms with Crippen LogP contribution in [0.15, 0.2) is 53.9 Å². The molecular formula is C40H46N4O8S. The molecule has 4 aromatic rings. The van der Waals surface area contributed by atoms with Crippen LogP contribution in [0.2, 0.25) is 0 Å². The van der Waals surface area contributed by atoms with Crippen LogP contribution in [0.3, 0.4) is 0 Å². The van der Waals surface area contributed by atoms with Crippen LogP contribution in [0.5, 0.6) is 11.5 Å². The molecule has 0 radical (unpaired) electrons. The van der Waals surface area contributed by atoms with Crippen LogP contribution in [-0.2, 0) is 22.4 Å². The number of fused-ring (bicyclic) bond motifs is 3. The largest absolute Gasteiger partial charge is 0.493 e. The molecule has 3 N–H and O–H groups in total. The number of hydrogen-bond donors (Lipinski definition) is 3. The minimum Gasteiger partial charge on any atom is -0.493 e. The van der Waals surface area contributed by atoms with Crippen molar-refractivity contribution in [3.63, 3.8) is 0 Å². The Balaban J connectivity index is 1.59. The van der Waals surface area contributed by atoms with Crippen LogP contribution in [-0.4, -0.2) is 61.3 Å². The van der Waals surface area contributed by atoms with Gasteiger partial charge in [-0.05, 0) is 92.1 Å². The number of thiophene rings is 1. The van der Waals surface area contributed by atoms with Crippen molar-refractivity contribution in [2.75, 3.05) is 32.2 Å². The zero-order valence-corrected chi connectivity index (χ0v) is 32.0. The van der Waals surface area contributed by atoms with Crippen LogP contribution >= 0.6 is 11.3 Å². The number of nitrogens with zero attached hydrogens (tertiary/aromatic N) is 1. The number of ether oxygens (including phenoxy) is 4. The maximum Gasteiger partial charge on any atom is 0.407 e. The Morgan fingerprint density at radius 3 is 2.47 bits per heavy atom. The number of methoxy groups -OCH3 is 1. The maximum absolute atomic E-state index is 14.5. The zero-order chi connectivity index (χ0) is 38.3. The van der Waals surface area contributed by atoms with Gasteiger partial charge in [-0.25, -0.2) is 14.6 Å². The summed E-state index contributed by atoms with van der Waals surface area (Å²) in [5.41, 5.74) is 3.13. The number of rotatable bonds is 12. The summed E-state index contributed by atoms with van der Waals surface area (Å²) in [6, 6.07) is 13.9. The topological polar surface area (TPSA) is 154 Å². The summed E-state index contributed by atoms with van der Waals surface area (Å²) in [7, 11) is 1.23. The van der Waals surface area contributed by atoms with Crippen molar-refractivity contribution in [3.8, 4) is 33.1 Å². The maximum atomic E-state index is 14.5. The fourth-order valence-corrected chi connectivity index (χ4v) is 6.52. The molecule has 0 aliphatic carbocycles. The smallest absolute Gasteiger partial charge is 0.407 e. The second kappa shape index (κ2) is 16.9. The lowest BCUT2D eigenvalue weighted by Gasteiger charge is -2.20. The average molecular weight is 743 g/mol. The van der Waals surface area contributed by atoms with E-state index in [1.165, 1.54) is 13.2 Å². The lowest BCUT2D eigenvalue weighted by molar-refractivity contribution is 0.0521. The molecule has 0 saturated carbocycles. The van der Waals surface area contributed by atoms with Gasteiger partial charge < -0.3 is 34.9 Å². The molecule has 0 atom stereocenters. The van der Waals surface area contributed by atoms with Gasteiger partial charge in [0.15, 0.2) is 5.69 Å². The number of amides is 3. The van der Waals surface area contributed by atoms with Gasteiger partial charge >= 0.3 is 12.1 Å². The highest BCUT2D eigenvalue weighted by molar-refractivity contribution is 7.13. The van der Waals surface area contributed by atoms with Crippen molar-refractivity contribution in [1.29, 1.82) is 0 Å². The summed E-state index contributed by atoms with van der Waals surface area (Å²) in [5.74, 6) is -0.547. The predicted octanol–water partition coefficient (Wildman–Crippen LogP) is 7.65. The molecule has 12 nitrogen and oxygen atoms in total. The Hall–Kier alpha value is -5.43. The molecule has 2 aromatic carbocycles. The number of carbonyl (C=O) groups excluding carboxylic acids is 4. The van der Waals surface area contributed by atoms with E-state index in [2.05, 4.69) is 20.9 Å². The summed E-state index contributed by atoms with van der Waals surface area (Å²) in [4.78, 5) is 58.3. The molecule has 0 spiro atoms. The Kier molecular flexibility index (Phi) is 12.4. The minimum atomic E-state index is -0.771. The Morgan fingerprint density at radius 2 is 1.75 bits per heavy atom. The molecule has 53 heavy (non-hydrogen) atoms. The van der Waals surface area contributed by atoms with E-state index in [9.17, 15) is 19.2 Å². The minimum absolute atomic E-state index is 0.0380. The molecule has 280 valence electrons. The molecule has 5 rings (SSSR count). The van der Waals surface area contributed by atoms with Gasteiger partial charge in [-0.3, -0.25) is 9.59 Å². The van der Waals surface area contributed by atoms with E-state index in [1.54, 1.807) is 68.5 Å². The highest BCUT2D eigenvalue weighted by atomic mass is 32.1. The number of alkyl carbamates (subject to hydrolysis) is 1. The monoisotopic (exact) mass is 742 g/mol. The first-order valence-electron chi connectivity index (χ1n) is 17.6. The predicted molar refractivity (Wildman–Crippen MR) is 204 cm³/mol. The van der Waals surface area contributed by atoms with Crippen molar-refractivity contribution < 1.29 is 38.1 Å². The summed E-state index contributed by atoms with van der Waals surface area (Å²) in [6.07, 6.45) is 0.860. The summed E-state index contributed by atoms with van der Waals surface area (Å²) in [6.45, 7) is 12.7.